The number of nitrogens with zero attached hydrogens (tertiary/aromatic N) is 5. The van der Waals surface area contributed by atoms with E-state index >= 15 is 0 Å². The van der Waals surface area contributed by atoms with Gasteiger partial charge in [-0.25, -0.2) is 15.0 Å². The molecule has 108 valence electrons. The van der Waals surface area contributed by atoms with Crippen LogP contribution in [0.1, 0.15) is 12.8 Å². The van der Waals surface area contributed by atoms with E-state index in [1.54, 1.807) is 6.20 Å². The van der Waals surface area contributed by atoms with Crippen molar-refractivity contribution in [3.05, 3.63) is 49.6 Å². The molecule has 2 N–H and O–H groups in total. The lowest BCUT2D eigenvalue weighted by Crippen LogP contribution is -2.02. The van der Waals surface area contributed by atoms with Gasteiger partial charge < -0.3 is 14.9 Å². The third-order valence-corrected chi connectivity index (χ3v) is 3.42. The molecule has 0 fully saturated rings. The fourth-order valence-electron chi connectivity index (χ4n) is 2.29. The first-order valence-electron chi connectivity index (χ1n) is 7.01. The number of rotatable bonds is 6. The van der Waals surface area contributed by atoms with Crippen LogP contribution in [0.4, 0.5) is 5.82 Å². The molecule has 0 atom stereocenters. The fourth-order valence-corrected chi connectivity index (χ4v) is 2.29. The summed E-state index contributed by atoms with van der Waals surface area (Å²) in [6.07, 6.45) is 13.4. The predicted molar refractivity (Wildman–Crippen MR) is 81.3 cm³/mol. The zero-order chi connectivity index (χ0) is 14.5. The molecule has 6 nitrogen and oxygen atoms in total. The van der Waals surface area contributed by atoms with Gasteiger partial charge in [0.25, 0.3) is 0 Å². The normalized spacial score (nSPS) is 10.9. The summed E-state index contributed by atoms with van der Waals surface area (Å²) in [5.74, 6) is 0.533. The average Bonchev–Trinajstić information content (AvgIpc) is 3.16. The zero-order valence-electron chi connectivity index (χ0n) is 11.8. The maximum Gasteiger partial charge on any atom is 0.123 e. The van der Waals surface area contributed by atoms with Crippen LogP contribution < -0.4 is 5.73 Å². The topological polar surface area (TPSA) is 74.5 Å². The smallest absolute Gasteiger partial charge is 0.123 e. The molecule has 0 aliphatic heterocycles. The van der Waals surface area contributed by atoms with E-state index in [4.69, 9.17) is 5.73 Å². The van der Waals surface area contributed by atoms with Gasteiger partial charge in [-0.2, -0.15) is 0 Å². The number of imidazole rings is 2. The van der Waals surface area contributed by atoms with Crippen LogP contribution in [0.15, 0.2) is 49.6 Å². The third-order valence-electron chi connectivity index (χ3n) is 3.42. The molecule has 3 aromatic heterocycles. The standard InChI is InChI=1S/C15H18N6/c16-15-4-3-13(9-19-15)14-10-18-12-21(14)7-2-1-6-20-8-5-17-11-20/h3-5,8-12H,1-2,6-7H2,(H2,16,19). The van der Waals surface area contributed by atoms with Crippen molar-refractivity contribution < 1.29 is 0 Å². The Morgan fingerprint density at radius 2 is 1.90 bits per heavy atom. The molecule has 0 bridgehead atoms. The molecule has 3 aromatic rings. The Hall–Kier alpha value is -2.63. The van der Waals surface area contributed by atoms with Gasteiger partial charge >= 0.3 is 0 Å². The van der Waals surface area contributed by atoms with Crippen molar-refractivity contribution >= 4 is 5.82 Å². The van der Waals surface area contributed by atoms with Gasteiger partial charge in [-0.1, -0.05) is 0 Å². The molecule has 0 saturated heterocycles. The number of pyridine rings is 1. The molecule has 6 heteroatoms. The molecule has 3 rings (SSSR count). The maximum absolute atomic E-state index is 5.62. The van der Waals surface area contributed by atoms with Crippen LogP contribution >= 0.6 is 0 Å². The number of aryl methyl sites for hydroxylation is 2. The summed E-state index contributed by atoms with van der Waals surface area (Å²) in [6, 6.07) is 3.78. The summed E-state index contributed by atoms with van der Waals surface area (Å²) >= 11 is 0. The molecule has 21 heavy (non-hydrogen) atoms. The highest BCUT2D eigenvalue weighted by molar-refractivity contribution is 5.59. The first kappa shape index (κ1) is 13.4. The number of unbranched alkanes of at least 4 members (excludes halogenated alkanes) is 1. The highest BCUT2D eigenvalue weighted by atomic mass is 15.0. The maximum atomic E-state index is 5.62. The van der Waals surface area contributed by atoms with Crippen molar-refractivity contribution in [1.29, 1.82) is 0 Å². The minimum absolute atomic E-state index is 0.533. The molecule has 0 aliphatic carbocycles. The van der Waals surface area contributed by atoms with E-state index in [9.17, 15) is 0 Å². The first-order valence-corrected chi connectivity index (χ1v) is 7.01. The van der Waals surface area contributed by atoms with Crippen molar-refractivity contribution in [2.75, 3.05) is 5.73 Å². The summed E-state index contributed by atoms with van der Waals surface area (Å²) in [7, 11) is 0. The van der Waals surface area contributed by atoms with E-state index in [-0.39, 0.29) is 0 Å². The molecule has 0 aliphatic rings. The molecule has 0 saturated carbocycles. The van der Waals surface area contributed by atoms with E-state index in [0.717, 1.165) is 37.2 Å². The number of hydrogen-bond acceptors (Lipinski definition) is 4. The molecule has 0 amide bonds. The van der Waals surface area contributed by atoms with Crippen LogP contribution in [0, 0.1) is 0 Å². The third kappa shape index (κ3) is 3.28. The lowest BCUT2D eigenvalue weighted by molar-refractivity contribution is 0.555. The van der Waals surface area contributed by atoms with Crippen LogP contribution in [-0.4, -0.2) is 24.1 Å². The van der Waals surface area contributed by atoms with E-state index in [1.807, 2.05) is 43.4 Å². The molecular weight excluding hydrogens is 264 g/mol. The van der Waals surface area contributed by atoms with Crippen molar-refractivity contribution in [3.63, 3.8) is 0 Å². The predicted octanol–water partition coefficient (Wildman–Crippen LogP) is 2.20. The van der Waals surface area contributed by atoms with Gasteiger partial charge in [0, 0.05) is 37.2 Å². The van der Waals surface area contributed by atoms with Gasteiger partial charge in [0.1, 0.15) is 5.82 Å². The molecule has 3 heterocycles. The lowest BCUT2D eigenvalue weighted by atomic mass is 10.2. The number of hydrogen-bond donors (Lipinski definition) is 1. The number of nitrogen functional groups attached to an aromatic ring is 1. The van der Waals surface area contributed by atoms with Crippen molar-refractivity contribution in [1.82, 2.24) is 24.1 Å². The largest absolute Gasteiger partial charge is 0.384 e. The van der Waals surface area contributed by atoms with E-state index in [2.05, 4.69) is 24.1 Å². The van der Waals surface area contributed by atoms with E-state index in [0.29, 0.717) is 5.82 Å². The van der Waals surface area contributed by atoms with Crippen LogP contribution in [-0.2, 0) is 13.1 Å². The molecule has 0 aromatic carbocycles. The zero-order valence-corrected chi connectivity index (χ0v) is 11.8. The molecular formula is C15H18N6. The SMILES string of the molecule is Nc1ccc(-c2cncn2CCCCn2ccnc2)cn1. The summed E-state index contributed by atoms with van der Waals surface area (Å²) in [4.78, 5) is 12.4. The van der Waals surface area contributed by atoms with Crippen LogP contribution in [0.2, 0.25) is 0 Å². The molecule has 0 spiro atoms. The minimum Gasteiger partial charge on any atom is -0.384 e. The quantitative estimate of drug-likeness (QED) is 0.703. The van der Waals surface area contributed by atoms with Gasteiger partial charge in [0.05, 0.1) is 24.5 Å². The second-order valence-corrected chi connectivity index (χ2v) is 4.95. The summed E-state index contributed by atoms with van der Waals surface area (Å²) in [5.41, 5.74) is 7.73. The summed E-state index contributed by atoms with van der Waals surface area (Å²) < 4.78 is 4.25. The molecule has 0 radical (unpaired) electrons. The monoisotopic (exact) mass is 282 g/mol. The van der Waals surface area contributed by atoms with Crippen LogP contribution in [0.3, 0.4) is 0 Å². The van der Waals surface area contributed by atoms with Crippen molar-refractivity contribution in [3.8, 4) is 11.3 Å². The van der Waals surface area contributed by atoms with Gasteiger partial charge in [0.15, 0.2) is 0 Å². The van der Waals surface area contributed by atoms with Crippen LogP contribution in [0.25, 0.3) is 11.3 Å². The van der Waals surface area contributed by atoms with E-state index in [1.165, 1.54) is 0 Å². The van der Waals surface area contributed by atoms with Crippen molar-refractivity contribution in [2.45, 2.75) is 25.9 Å². The average molecular weight is 282 g/mol. The Labute approximate surface area is 123 Å². The number of nitrogens with two attached hydrogens (primary N) is 1. The van der Waals surface area contributed by atoms with Crippen LogP contribution in [0.5, 0.6) is 0 Å². The first-order chi connectivity index (χ1) is 10.3. The van der Waals surface area contributed by atoms with Gasteiger partial charge in [-0.05, 0) is 25.0 Å². The number of aromatic nitrogens is 5. The second-order valence-electron chi connectivity index (χ2n) is 4.95. The highest BCUT2D eigenvalue weighted by Crippen LogP contribution is 2.19. The minimum atomic E-state index is 0.533. The Bertz CT molecular complexity index is 669. The second kappa shape index (κ2) is 6.21. The van der Waals surface area contributed by atoms with Gasteiger partial charge in [0.2, 0.25) is 0 Å². The lowest BCUT2D eigenvalue weighted by Gasteiger charge is -2.08. The Morgan fingerprint density at radius 3 is 2.67 bits per heavy atom. The van der Waals surface area contributed by atoms with Gasteiger partial charge in [-0.15, -0.1) is 0 Å². The summed E-state index contributed by atoms with van der Waals surface area (Å²) in [6.45, 7) is 1.93. The van der Waals surface area contributed by atoms with Gasteiger partial charge in [-0.3, -0.25) is 0 Å². The summed E-state index contributed by atoms with van der Waals surface area (Å²) in [5, 5.41) is 0. The van der Waals surface area contributed by atoms with E-state index < -0.39 is 0 Å². The Morgan fingerprint density at radius 1 is 1.00 bits per heavy atom. The Balaban J connectivity index is 1.59. The highest BCUT2D eigenvalue weighted by Gasteiger charge is 2.05. The fraction of sp³-hybridized carbons (Fsp3) is 0.267. The molecule has 0 unspecified atom stereocenters. The Kier molecular flexibility index (Phi) is 3.95. The van der Waals surface area contributed by atoms with Crippen molar-refractivity contribution in [2.24, 2.45) is 0 Å². The number of anilines is 1.